The lowest BCUT2D eigenvalue weighted by Crippen LogP contribution is -2.45. The zero-order chi connectivity index (χ0) is 26.9. The third-order valence-corrected chi connectivity index (χ3v) is 6.30. The summed E-state index contributed by atoms with van der Waals surface area (Å²) in [5.74, 6) is -1.63. The Bertz CT molecular complexity index is 1410. The standard InChI is InChI=1S/C26H23F5N6O/c27-20-5-7-22(23(28)12-20)25(38,15-36-10-9-33-35-36)16-37-14-18-11-21(6-8-24(18)34-37)32-13-17-1-3-19(4-2-17)26(29,30)31/h1-12,32,34,38H,13-16H2. The van der Waals surface area contributed by atoms with Crippen LogP contribution < -0.4 is 10.7 Å². The highest BCUT2D eigenvalue weighted by Gasteiger charge is 2.37. The Balaban J connectivity index is 1.28. The molecule has 12 heteroatoms. The number of benzene rings is 3. The van der Waals surface area contributed by atoms with Crippen molar-refractivity contribution < 1.29 is 27.1 Å². The van der Waals surface area contributed by atoms with Crippen LogP contribution in [-0.2, 0) is 31.4 Å². The third-order valence-electron chi connectivity index (χ3n) is 6.30. The number of halogens is 5. The minimum atomic E-state index is -4.38. The smallest absolute Gasteiger partial charge is 0.382 e. The molecule has 5 rings (SSSR count). The van der Waals surface area contributed by atoms with Gasteiger partial charge in [-0.1, -0.05) is 23.4 Å². The Hall–Kier alpha value is -4.03. The first-order valence-corrected chi connectivity index (χ1v) is 11.7. The number of β-amino-alcohol motifs (C(OH)–C–C–N with tert-alkyl or cyclic N) is 1. The number of anilines is 2. The fraction of sp³-hybridized carbons (Fsp3) is 0.231. The maximum atomic E-state index is 14.7. The summed E-state index contributed by atoms with van der Waals surface area (Å²) in [5, 5.41) is 24.1. The highest BCUT2D eigenvalue weighted by Crippen LogP contribution is 2.33. The molecule has 2 heterocycles. The number of alkyl halides is 3. The monoisotopic (exact) mass is 530 g/mol. The molecule has 3 N–H and O–H groups in total. The number of aliphatic hydroxyl groups is 1. The molecular weight excluding hydrogens is 507 g/mol. The lowest BCUT2D eigenvalue weighted by atomic mass is 9.92. The van der Waals surface area contributed by atoms with E-state index in [0.29, 0.717) is 18.7 Å². The number of aromatic nitrogens is 3. The van der Waals surface area contributed by atoms with Gasteiger partial charge in [-0.3, -0.25) is 0 Å². The van der Waals surface area contributed by atoms with Crippen LogP contribution in [0.1, 0.15) is 22.3 Å². The Morgan fingerprint density at radius 3 is 2.45 bits per heavy atom. The Morgan fingerprint density at radius 2 is 1.76 bits per heavy atom. The van der Waals surface area contributed by atoms with Crippen molar-refractivity contribution in [2.24, 2.45) is 0 Å². The Morgan fingerprint density at radius 1 is 0.974 bits per heavy atom. The summed E-state index contributed by atoms with van der Waals surface area (Å²) in [5.41, 5.74) is 3.77. The second-order valence-electron chi connectivity index (χ2n) is 9.14. The van der Waals surface area contributed by atoms with Crippen molar-refractivity contribution in [2.45, 2.75) is 31.4 Å². The largest absolute Gasteiger partial charge is 0.416 e. The minimum absolute atomic E-state index is 0.0571. The third kappa shape index (κ3) is 5.60. The molecule has 1 aromatic heterocycles. The van der Waals surface area contributed by atoms with Gasteiger partial charge in [-0.05, 0) is 47.5 Å². The fourth-order valence-corrected chi connectivity index (χ4v) is 4.46. The molecule has 4 aromatic rings. The van der Waals surface area contributed by atoms with Gasteiger partial charge in [-0.2, -0.15) is 13.2 Å². The summed E-state index contributed by atoms with van der Waals surface area (Å²) in [6.45, 7) is 0.519. The van der Waals surface area contributed by atoms with Crippen LogP contribution in [0.5, 0.6) is 0 Å². The molecule has 38 heavy (non-hydrogen) atoms. The quantitative estimate of drug-likeness (QED) is 0.281. The number of nitrogens with one attached hydrogen (secondary N) is 2. The average Bonchev–Trinajstić information content (AvgIpc) is 3.51. The molecule has 0 bridgehead atoms. The molecule has 0 amide bonds. The molecule has 7 nitrogen and oxygen atoms in total. The molecular formula is C26H23F5N6O. The van der Waals surface area contributed by atoms with Crippen LogP contribution in [0, 0.1) is 11.6 Å². The molecule has 0 saturated heterocycles. The molecule has 0 aliphatic carbocycles. The van der Waals surface area contributed by atoms with Crippen LogP contribution in [0.25, 0.3) is 0 Å². The van der Waals surface area contributed by atoms with Gasteiger partial charge in [0, 0.05) is 36.6 Å². The number of nitrogens with zero attached hydrogens (tertiary/aromatic N) is 4. The molecule has 198 valence electrons. The van der Waals surface area contributed by atoms with Crippen LogP contribution in [0.3, 0.4) is 0 Å². The first-order chi connectivity index (χ1) is 18.1. The number of hydrazine groups is 1. The van der Waals surface area contributed by atoms with Gasteiger partial charge in [-0.25, -0.2) is 18.5 Å². The van der Waals surface area contributed by atoms with Crippen molar-refractivity contribution in [2.75, 3.05) is 17.3 Å². The van der Waals surface area contributed by atoms with Crippen LogP contribution in [0.2, 0.25) is 0 Å². The van der Waals surface area contributed by atoms with Gasteiger partial charge in [0.2, 0.25) is 0 Å². The van der Waals surface area contributed by atoms with E-state index in [2.05, 4.69) is 21.1 Å². The highest BCUT2D eigenvalue weighted by atomic mass is 19.4. The molecule has 0 radical (unpaired) electrons. The van der Waals surface area contributed by atoms with E-state index in [-0.39, 0.29) is 18.7 Å². The number of hydrogen-bond acceptors (Lipinski definition) is 6. The molecule has 1 unspecified atom stereocenters. The summed E-state index contributed by atoms with van der Waals surface area (Å²) in [4.78, 5) is 0. The van der Waals surface area contributed by atoms with Crippen molar-refractivity contribution in [3.05, 3.63) is 107 Å². The zero-order valence-corrected chi connectivity index (χ0v) is 19.9. The van der Waals surface area contributed by atoms with E-state index in [1.165, 1.54) is 35.3 Å². The van der Waals surface area contributed by atoms with Crippen LogP contribution in [0.15, 0.2) is 73.1 Å². The lowest BCUT2D eigenvalue weighted by molar-refractivity contribution is -0.137. The molecule has 0 fully saturated rings. The first-order valence-electron chi connectivity index (χ1n) is 11.7. The van der Waals surface area contributed by atoms with Gasteiger partial charge in [0.1, 0.15) is 17.2 Å². The average molecular weight is 531 g/mol. The summed E-state index contributed by atoms with van der Waals surface area (Å²) < 4.78 is 68.0. The van der Waals surface area contributed by atoms with Gasteiger partial charge in [0.15, 0.2) is 0 Å². The summed E-state index contributed by atoms with van der Waals surface area (Å²) >= 11 is 0. The van der Waals surface area contributed by atoms with E-state index in [4.69, 9.17) is 0 Å². The molecule has 0 spiro atoms. The molecule has 1 atom stereocenters. The summed E-state index contributed by atoms with van der Waals surface area (Å²) in [7, 11) is 0. The van der Waals surface area contributed by atoms with E-state index < -0.39 is 29.0 Å². The Labute approximate surface area is 214 Å². The fourth-order valence-electron chi connectivity index (χ4n) is 4.46. The van der Waals surface area contributed by atoms with E-state index in [0.717, 1.165) is 41.2 Å². The van der Waals surface area contributed by atoms with Gasteiger partial charge in [-0.15, -0.1) is 5.10 Å². The van der Waals surface area contributed by atoms with E-state index in [9.17, 15) is 27.1 Å². The lowest BCUT2D eigenvalue weighted by Gasteiger charge is -2.33. The van der Waals surface area contributed by atoms with Gasteiger partial charge >= 0.3 is 6.18 Å². The van der Waals surface area contributed by atoms with Crippen molar-refractivity contribution >= 4 is 11.4 Å². The second-order valence-corrected chi connectivity index (χ2v) is 9.14. The maximum absolute atomic E-state index is 14.7. The zero-order valence-electron chi connectivity index (χ0n) is 19.9. The van der Waals surface area contributed by atoms with E-state index in [1.807, 2.05) is 18.2 Å². The summed E-state index contributed by atoms with van der Waals surface area (Å²) in [6, 6.07) is 13.5. The van der Waals surface area contributed by atoms with Gasteiger partial charge in [0.25, 0.3) is 0 Å². The molecule has 1 aliphatic rings. The van der Waals surface area contributed by atoms with Crippen molar-refractivity contribution in [1.82, 2.24) is 20.0 Å². The van der Waals surface area contributed by atoms with Crippen LogP contribution >= 0.6 is 0 Å². The second kappa shape index (κ2) is 10.0. The van der Waals surface area contributed by atoms with E-state index >= 15 is 0 Å². The SMILES string of the molecule is OC(CN1Cc2cc(NCc3ccc(C(F)(F)F)cc3)ccc2N1)(Cn1ccnn1)c1ccc(F)cc1F. The minimum Gasteiger partial charge on any atom is -0.382 e. The number of rotatable bonds is 8. The van der Waals surface area contributed by atoms with Crippen molar-refractivity contribution in [3.63, 3.8) is 0 Å². The van der Waals surface area contributed by atoms with Crippen molar-refractivity contribution in [3.8, 4) is 0 Å². The van der Waals surface area contributed by atoms with Crippen LogP contribution in [-0.4, -0.2) is 31.7 Å². The van der Waals surface area contributed by atoms with Gasteiger partial charge in [0.05, 0.1) is 30.5 Å². The predicted octanol–water partition coefficient (Wildman–Crippen LogP) is 4.92. The predicted molar refractivity (Wildman–Crippen MR) is 130 cm³/mol. The van der Waals surface area contributed by atoms with Gasteiger partial charge < -0.3 is 15.8 Å². The van der Waals surface area contributed by atoms with Crippen molar-refractivity contribution in [1.29, 1.82) is 0 Å². The molecule has 0 saturated carbocycles. The maximum Gasteiger partial charge on any atom is 0.416 e. The van der Waals surface area contributed by atoms with Crippen LogP contribution in [0.4, 0.5) is 33.3 Å². The molecule has 1 aliphatic heterocycles. The molecule has 3 aromatic carbocycles. The number of hydrogen-bond donors (Lipinski definition) is 3. The number of fused-ring (bicyclic) bond motifs is 1. The Kier molecular flexibility index (Phi) is 6.76. The summed E-state index contributed by atoms with van der Waals surface area (Å²) in [6.07, 6.45) is -1.41. The normalized spacial score (nSPS) is 15.1. The topological polar surface area (TPSA) is 78.2 Å². The highest BCUT2D eigenvalue weighted by molar-refractivity contribution is 5.61. The van der Waals surface area contributed by atoms with E-state index in [1.54, 1.807) is 5.01 Å². The first kappa shape index (κ1) is 25.6.